The summed E-state index contributed by atoms with van der Waals surface area (Å²) in [7, 11) is 3.06. The predicted molar refractivity (Wildman–Crippen MR) is 125 cm³/mol. The number of H-pyrrole nitrogens is 1. The molecule has 0 radical (unpaired) electrons. The van der Waals surface area contributed by atoms with E-state index in [2.05, 4.69) is 15.3 Å². The number of hydrogen-bond acceptors (Lipinski definition) is 7. The van der Waals surface area contributed by atoms with E-state index in [0.29, 0.717) is 17.1 Å². The van der Waals surface area contributed by atoms with Gasteiger partial charge in [0.25, 0.3) is 5.91 Å². The van der Waals surface area contributed by atoms with Crippen LogP contribution in [-0.2, 0) is 6.54 Å². The number of carbonyl (C=O) groups is 1. The number of imidazole rings is 1. The van der Waals surface area contributed by atoms with E-state index >= 15 is 0 Å². The SMILES string of the molecule is COc1cc(CNC(=O)c2cc(O)c(O)c(O)c2-c2ccc(-c3cnc[nH]3)cc2)cc(OC)c1. The Kier molecular flexibility index (Phi) is 6.26. The highest BCUT2D eigenvalue weighted by molar-refractivity contribution is 6.03. The second kappa shape index (κ2) is 9.45. The lowest BCUT2D eigenvalue weighted by atomic mass is 9.95. The van der Waals surface area contributed by atoms with Gasteiger partial charge in [0.05, 0.1) is 38.0 Å². The minimum Gasteiger partial charge on any atom is -0.504 e. The van der Waals surface area contributed by atoms with Crippen LogP contribution < -0.4 is 14.8 Å². The standard InChI is InChI=1S/C25H23N3O6/c1-33-17-7-14(8-18(9-17)34-2)11-27-25(32)19-10-21(29)23(30)24(31)22(19)16-5-3-15(4-6-16)20-12-26-13-28-20/h3-10,12-13,29-31H,11H2,1-2H3,(H,26,28)(H,27,32). The largest absolute Gasteiger partial charge is 0.504 e. The van der Waals surface area contributed by atoms with E-state index < -0.39 is 23.2 Å². The molecule has 4 rings (SSSR count). The van der Waals surface area contributed by atoms with Crippen molar-refractivity contribution in [3.63, 3.8) is 0 Å². The smallest absolute Gasteiger partial charge is 0.252 e. The summed E-state index contributed by atoms with van der Waals surface area (Å²) in [6.07, 6.45) is 3.23. The topological polar surface area (TPSA) is 137 Å². The number of nitrogens with zero attached hydrogens (tertiary/aromatic N) is 1. The van der Waals surface area contributed by atoms with Crippen LogP contribution in [0.25, 0.3) is 22.4 Å². The quantitative estimate of drug-likeness (QED) is 0.264. The number of phenols is 3. The van der Waals surface area contributed by atoms with Gasteiger partial charge in [0, 0.05) is 18.2 Å². The summed E-state index contributed by atoms with van der Waals surface area (Å²) < 4.78 is 10.5. The third kappa shape index (κ3) is 4.44. The molecular weight excluding hydrogens is 438 g/mol. The van der Waals surface area contributed by atoms with Gasteiger partial charge in [0.15, 0.2) is 11.5 Å². The molecule has 174 valence electrons. The van der Waals surface area contributed by atoms with Crippen molar-refractivity contribution in [2.24, 2.45) is 0 Å². The summed E-state index contributed by atoms with van der Waals surface area (Å²) in [5.74, 6) is -1.32. The number of aromatic amines is 1. The molecule has 1 aromatic heterocycles. The van der Waals surface area contributed by atoms with Gasteiger partial charge >= 0.3 is 0 Å². The molecule has 0 atom stereocenters. The Morgan fingerprint density at radius 2 is 1.59 bits per heavy atom. The van der Waals surface area contributed by atoms with E-state index in [1.165, 1.54) is 14.2 Å². The fourth-order valence-corrected chi connectivity index (χ4v) is 3.59. The second-order valence-corrected chi connectivity index (χ2v) is 7.46. The third-order valence-electron chi connectivity index (χ3n) is 5.35. The van der Waals surface area contributed by atoms with Crippen molar-refractivity contribution < 1.29 is 29.6 Å². The zero-order valence-corrected chi connectivity index (χ0v) is 18.5. The lowest BCUT2D eigenvalue weighted by Gasteiger charge is -2.15. The lowest BCUT2D eigenvalue weighted by Crippen LogP contribution is -2.23. The average Bonchev–Trinajstić information content (AvgIpc) is 3.40. The number of ether oxygens (including phenoxy) is 2. The number of methoxy groups -OCH3 is 2. The van der Waals surface area contributed by atoms with Gasteiger partial charge in [-0.2, -0.15) is 0 Å². The van der Waals surface area contributed by atoms with Gasteiger partial charge in [0.1, 0.15) is 11.5 Å². The zero-order valence-electron chi connectivity index (χ0n) is 18.5. The van der Waals surface area contributed by atoms with Gasteiger partial charge in [-0.3, -0.25) is 4.79 Å². The van der Waals surface area contributed by atoms with E-state index in [-0.39, 0.29) is 17.7 Å². The number of aromatic hydroxyl groups is 3. The van der Waals surface area contributed by atoms with E-state index in [9.17, 15) is 20.1 Å². The molecule has 0 unspecified atom stereocenters. The summed E-state index contributed by atoms with van der Waals surface area (Å²) in [5.41, 5.74) is 2.94. The van der Waals surface area contributed by atoms with Crippen LogP contribution in [0.2, 0.25) is 0 Å². The van der Waals surface area contributed by atoms with Crippen molar-refractivity contribution in [1.82, 2.24) is 15.3 Å². The van der Waals surface area contributed by atoms with Gasteiger partial charge < -0.3 is 35.1 Å². The monoisotopic (exact) mass is 461 g/mol. The van der Waals surface area contributed by atoms with Crippen molar-refractivity contribution in [1.29, 1.82) is 0 Å². The summed E-state index contributed by atoms with van der Waals surface area (Å²) in [4.78, 5) is 20.1. The second-order valence-electron chi connectivity index (χ2n) is 7.46. The number of aromatic nitrogens is 2. The minimum absolute atomic E-state index is 0.00282. The highest BCUT2D eigenvalue weighted by atomic mass is 16.5. The molecule has 0 saturated heterocycles. The van der Waals surface area contributed by atoms with E-state index in [1.54, 1.807) is 55.0 Å². The first-order chi connectivity index (χ1) is 16.4. The van der Waals surface area contributed by atoms with Crippen LogP contribution in [0.1, 0.15) is 15.9 Å². The molecule has 0 aliphatic rings. The molecule has 0 saturated carbocycles. The Morgan fingerprint density at radius 1 is 0.941 bits per heavy atom. The van der Waals surface area contributed by atoms with Crippen LogP contribution >= 0.6 is 0 Å². The molecule has 9 heteroatoms. The minimum atomic E-state index is -0.707. The first kappa shape index (κ1) is 22.5. The Morgan fingerprint density at radius 3 is 2.18 bits per heavy atom. The Balaban J connectivity index is 1.66. The molecule has 0 aliphatic heterocycles. The predicted octanol–water partition coefficient (Wildman–Crippen LogP) is 3.81. The average molecular weight is 461 g/mol. The van der Waals surface area contributed by atoms with Crippen LogP contribution in [0.3, 0.4) is 0 Å². The van der Waals surface area contributed by atoms with E-state index in [0.717, 1.165) is 22.9 Å². The number of amides is 1. The molecule has 1 heterocycles. The lowest BCUT2D eigenvalue weighted by molar-refractivity contribution is 0.0950. The Bertz CT molecular complexity index is 1300. The van der Waals surface area contributed by atoms with Crippen molar-refractivity contribution in [3.8, 4) is 51.1 Å². The maximum atomic E-state index is 13.1. The molecular formula is C25H23N3O6. The molecule has 5 N–H and O–H groups in total. The number of phenolic OH excluding ortho intramolecular Hbond substituents is 3. The van der Waals surface area contributed by atoms with Crippen molar-refractivity contribution in [2.45, 2.75) is 6.54 Å². The van der Waals surface area contributed by atoms with Crippen LogP contribution in [0.15, 0.2) is 61.1 Å². The summed E-state index contributed by atoms with van der Waals surface area (Å²) >= 11 is 0. The van der Waals surface area contributed by atoms with Crippen molar-refractivity contribution in [2.75, 3.05) is 14.2 Å². The molecule has 0 bridgehead atoms. The number of rotatable bonds is 7. The number of benzene rings is 3. The number of hydrogen-bond donors (Lipinski definition) is 5. The van der Waals surface area contributed by atoms with Crippen LogP contribution in [0.5, 0.6) is 28.7 Å². The highest BCUT2D eigenvalue weighted by Crippen LogP contribution is 2.45. The number of carbonyl (C=O) groups excluding carboxylic acids is 1. The fourth-order valence-electron chi connectivity index (χ4n) is 3.59. The van der Waals surface area contributed by atoms with E-state index in [1.807, 2.05) is 0 Å². The molecule has 0 aliphatic carbocycles. The summed E-state index contributed by atoms with van der Waals surface area (Å²) in [5, 5.41) is 33.5. The molecule has 0 spiro atoms. The maximum Gasteiger partial charge on any atom is 0.252 e. The molecule has 34 heavy (non-hydrogen) atoms. The molecule has 1 amide bonds. The summed E-state index contributed by atoms with van der Waals surface area (Å²) in [6.45, 7) is 0.132. The summed E-state index contributed by atoms with van der Waals surface area (Å²) in [6, 6.07) is 13.3. The van der Waals surface area contributed by atoms with Gasteiger partial charge in [-0.1, -0.05) is 24.3 Å². The van der Waals surface area contributed by atoms with Gasteiger partial charge in [-0.25, -0.2) is 4.98 Å². The molecule has 3 aromatic carbocycles. The molecule has 9 nitrogen and oxygen atoms in total. The normalized spacial score (nSPS) is 10.6. The number of nitrogens with one attached hydrogen (secondary N) is 2. The van der Waals surface area contributed by atoms with Gasteiger partial charge in [0.2, 0.25) is 5.75 Å². The van der Waals surface area contributed by atoms with Gasteiger partial charge in [-0.05, 0) is 34.9 Å². The fraction of sp³-hybridized carbons (Fsp3) is 0.120. The van der Waals surface area contributed by atoms with Gasteiger partial charge in [-0.15, -0.1) is 0 Å². The maximum absolute atomic E-state index is 13.1. The van der Waals surface area contributed by atoms with Crippen LogP contribution in [0.4, 0.5) is 0 Å². The van der Waals surface area contributed by atoms with Crippen molar-refractivity contribution in [3.05, 3.63) is 72.2 Å². The first-order valence-electron chi connectivity index (χ1n) is 10.3. The molecule has 0 fully saturated rings. The van der Waals surface area contributed by atoms with Crippen LogP contribution in [-0.4, -0.2) is 45.4 Å². The Hall–Kier alpha value is -4.66. The van der Waals surface area contributed by atoms with Crippen LogP contribution in [0, 0.1) is 0 Å². The van der Waals surface area contributed by atoms with Crippen molar-refractivity contribution >= 4 is 5.91 Å². The highest BCUT2D eigenvalue weighted by Gasteiger charge is 2.23. The first-order valence-corrected chi connectivity index (χ1v) is 10.3. The Labute approximate surface area is 195 Å². The molecule has 4 aromatic rings. The van der Waals surface area contributed by atoms with E-state index in [4.69, 9.17) is 9.47 Å². The third-order valence-corrected chi connectivity index (χ3v) is 5.35. The zero-order chi connectivity index (χ0) is 24.2.